The molecule has 1 saturated carbocycles. The number of hydrogen-bond donors (Lipinski definition) is 4. The normalized spacial score (nSPS) is 25.1. The minimum Gasteiger partial charge on any atom is -0.481 e. The van der Waals surface area contributed by atoms with Crippen molar-refractivity contribution in [2.45, 2.75) is 76.1 Å². The van der Waals surface area contributed by atoms with Crippen LogP contribution < -0.4 is 0 Å². The van der Waals surface area contributed by atoms with Crippen LogP contribution in [0.25, 0.3) is 6.08 Å². The molecule has 30 heavy (non-hydrogen) atoms. The lowest BCUT2D eigenvalue weighted by Crippen LogP contribution is -2.23. The number of aliphatic hydroxyl groups excluding tert-OH is 3. The summed E-state index contributed by atoms with van der Waals surface area (Å²) < 4.78 is 13.8. The average Bonchev–Trinajstić information content (AvgIpc) is 2.95. The van der Waals surface area contributed by atoms with E-state index in [4.69, 9.17) is 16.7 Å². The molecule has 0 radical (unpaired) electrons. The Morgan fingerprint density at radius 2 is 1.80 bits per heavy atom. The molecule has 1 unspecified atom stereocenters. The third-order valence-electron chi connectivity index (χ3n) is 5.95. The van der Waals surface area contributed by atoms with E-state index in [1.165, 1.54) is 30.4 Å². The van der Waals surface area contributed by atoms with Crippen molar-refractivity contribution in [1.29, 1.82) is 0 Å². The summed E-state index contributed by atoms with van der Waals surface area (Å²) in [7, 11) is 0. The van der Waals surface area contributed by atoms with Gasteiger partial charge in [0, 0.05) is 17.0 Å². The van der Waals surface area contributed by atoms with Crippen molar-refractivity contribution in [3.8, 4) is 0 Å². The number of halogens is 2. The molecular formula is C23H32ClFO5. The van der Waals surface area contributed by atoms with Crippen LogP contribution in [-0.4, -0.2) is 44.7 Å². The van der Waals surface area contributed by atoms with E-state index in [-0.39, 0.29) is 18.3 Å². The molecule has 1 aromatic carbocycles. The molecule has 0 heterocycles. The summed E-state index contributed by atoms with van der Waals surface area (Å²) in [6, 6.07) is 4.23. The lowest BCUT2D eigenvalue weighted by Gasteiger charge is -2.24. The standard InChI is InChI=1S/C23H32ClFO5/c24-16-8-12-20(25)15(13-16)7-9-17(26)10-11-19-18(21(27)14-22(19)28)5-3-1-2-4-6-23(29)30/h7-9,12-13,17-19,21-22,26-28H,1-6,10-11,14H2,(H,29,30)/b9-7+/t17?,18-,19-,21+,22-/m1/s1. The van der Waals surface area contributed by atoms with Crippen molar-refractivity contribution in [2.75, 3.05) is 0 Å². The van der Waals surface area contributed by atoms with Gasteiger partial charge in [-0.25, -0.2) is 4.39 Å². The molecule has 4 N–H and O–H groups in total. The number of carboxylic acid groups (broad SMARTS) is 1. The van der Waals surface area contributed by atoms with E-state index < -0.39 is 30.1 Å². The molecule has 0 amide bonds. The maximum Gasteiger partial charge on any atom is 0.303 e. The Hall–Kier alpha value is -1.47. The van der Waals surface area contributed by atoms with Crippen LogP contribution in [-0.2, 0) is 4.79 Å². The van der Waals surface area contributed by atoms with Gasteiger partial charge < -0.3 is 20.4 Å². The first-order chi connectivity index (χ1) is 14.3. The van der Waals surface area contributed by atoms with Crippen molar-refractivity contribution < 1.29 is 29.6 Å². The molecular weight excluding hydrogens is 411 g/mol. The van der Waals surface area contributed by atoms with Crippen LogP contribution in [0, 0.1) is 17.7 Å². The molecule has 0 aromatic heterocycles. The van der Waals surface area contributed by atoms with Gasteiger partial charge in [-0.3, -0.25) is 4.79 Å². The second kappa shape index (κ2) is 12.4. The average molecular weight is 443 g/mol. The highest BCUT2D eigenvalue weighted by Gasteiger charge is 2.40. The van der Waals surface area contributed by atoms with E-state index >= 15 is 0 Å². The fraction of sp³-hybridized carbons (Fsp3) is 0.609. The van der Waals surface area contributed by atoms with Crippen LogP contribution in [0.4, 0.5) is 4.39 Å². The van der Waals surface area contributed by atoms with E-state index in [9.17, 15) is 24.5 Å². The summed E-state index contributed by atoms with van der Waals surface area (Å²) in [4.78, 5) is 10.5. The highest BCUT2D eigenvalue weighted by atomic mass is 35.5. The first-order valence-corrected chi connectivity index (χ1v) is 11.0. The summed E-state index contributed by atoms with van der Waals surface area (Å²) in [6.45, 7) is 0. The zero-order valence-electron chi connectivity index (χ0n) is 17.1. The quantitative estimate of drug-likeness (QED) is 0.359. The highest BCUT2D eigenvalue weighted by Crippen LogP contribution is 2.39. The first-order valence-electron chi connectivity index (χ1n) is 10.7. The minimum absolute atomic E-state index is 0.0268. The molecule has 1 aliphatic rings. The second-order valence-corrected chi connectivity index (χ2v) is 8.65. The number of aliphatic hydroxyl groups is 3. The molecule has 168 valence electrons. The minimum atomic E-state index is -0.787. The lowest BCUT2D eigenvalue weighted by atomic mass is 9.85. The van der Waals surface area contributed by atoms with Gasteiger partial charge >= 0.3 is 5.97 Å². The van der Waals surface area contributed by atoms with Crippen molar-refractivity contribution in [3.63, 3.8) is 0 Å². The Bertz CT molecular complexity index is 711. The zero-order chi connectivity index (χ0) is 22.1. The van der Waals surface area contributed by atoms with Crippen LogP contribution in [0.5, 0.6) is 0 Å². The summed E-state index contributed by atoms with van der Waals surface area (Å²) >= 11 is 5.87. The highest BCUT2D eigenvalue weighted by molar-refractivity contribution is 6.30. The fourth-order valence-electron chi connectivity index (χ4n) is 4.31. The Balaban J connectivity index is 1.80. The van der Waals surface area contributed by atoms with Gasteiger partial charge in [0.1, 0.15) is 5.82 Å². The zero-order valence-corrected chi connectivity index (χ0v) is 17.8. The lowest BCUT2D eigenvalue weighted by molar-refractivity contribution is -0.137. The largest absolute Gasteiger partial charge is 0.481 e. The monoisotopic (exact) mass is 442 g/mol. The number of unbranched alkanes of at least 4 members (excludes halogenated alkanes) is 3. The molecule has 1 fully saturated rings. The van der Waals surface area contributed by atoms with Gasteiger partial charge in [-0.1, -0.05) is 43.0 Å². The molecule has 0 spiro atoms. The van der Waals surface area contributed by atoms with E-state index in [1.54, 1.807) is 0 Å². The number of aliphatic carboxylic acids is 1. The number of carbonyl (C=O) groups is 1. The smallest absolute Gasteiger partial charge is 0.303 e. The second-order valence-electron chi connectivity index (χ2n) is 8.21. The third-order valence-corrected chi connectivity index (χ3v) is 6.19. The van der Waals surface area contributed by atoms with Crippen molar-refractivity contribution in [1.82, 2.24) is 0 Å². The van der Waals surface area contributed by atoms with Gasteiger partial charge in [0.25, 0.3) is 0 Å². The fourth-order valence-corrected chi connectivity index (χ4v) is 4.49. The summed E-state index contributed by atoms with van der Waals surface area (Å²) in [5.74, 6) is -1.32. The molecule has 7 heteroatoms. The van der Waals surface area contributed by atoms with Crippen molar-refractivity contribution in [3.05, 3.63) is 40.7 Å². The molecule has 2 rings (SSSR count). The van der Waals surface area contributed by atoms with Gasteiger partial charge in [0.15, 0.2) is 0 Å². The Morgan fingerprint density at radius 3 is 2.50 bits per heavy atom. The van der Waals surface area contributed by atoms with Crippen LogP contribution in [0.15, 0.2) is 24.3 Å². The van der Waals surface area contributed by atoms with Crippen LogP contribution in [0.3, 0.4) is 0 Å². The molecule has 0 saturated heterocycles. The number of benzene rings is 1. The van der Waals surface area contributed by atoms with E-state index in [2.05, 4.69) is 0 Å². The van der Waals surface area contributed by atoms with Gasteiger partial charge in [0.05, 0.1) is 18.3 Å². The Labute approximate surface area is 182 Å². The van der Waals surface area contributed by atoms with Crippen molar-refractivity contribution >= 4 is 23.6 Å². The van der Waals surface area contributed by atoms with Gasteiger partial charge in [0.2, 0.25) is 0 Å². The summed E-state index contributed by atoms with van der Waals surface area (Å²) in [5, 5.41) is 40.0. The number of carboxylic acids is 1. The summed E-state index contributed by atoms with van der Waals surface area (Å²) in [6.07, 6.45) is 6.60. The van der Waals surface area contributed by atoms with Gasteiger partial charge in [-0.05, 0) is 62.1 Å². The molecule has 0 bridgehead atoms. The van der Waals surface area contributed by atoms with Gasteiger partial charge in [-0.15, -0.1) is 0 Å². The predicted octanol–water partition coefficient (Wildman–Crippen LogP) is 4.42. The topological polar surface area (TPSA) is 98.0 Å². The predicted molar refractivity (Wildman–Crippen MR) is 115 cm³/mol. The summed E-state index contributed by atoms with van der Waals surface area (Å²) in [5.41, 5.74) is 0.304. The maximum atomic E-state index is 13.8. The van der Waals surface area contributed by atoms with Crippen molar-refractivity contribution in [2.24, 2.45) is 11.8 Å². The van der Waals surface area contributed by atoms with Crippen LogP contribution in [0.2, 0.25) is 5.02 Å². The first kappa shape index (κ1) is 24.8. The maximum absolute atomic E-state index is 13.8. The molecule has 1 aliphatic carbocycles. The van der Waals surface area contributed by atoms with E-state index in [1.807, 2.05) is 0 Å². The molecule has 0 aliphatic heterocycles. The van der Waals surface area contributed by atoms with Crippen LogP contribution in [0.1, 0.15) is 63.4 Å². The van der Waals surface area contributed by atoms with E-state index in [0.717, 1.165) is 25.7 Å². The number of rotatable bonds is 12. The van der Waals surface area contributed by atoms with Gasteiger partial charge in [-0.2, -0.15) is 0 Å². The molecule has 5 nitrogen and oxygen atoms in total. The Morgan fingerprint density at radius 1 is 1.13 bits per heavy atom. The number of hydrogen-bond acceptors (Lipinski definition) is 4. The Kier molecular flexibility index (Phi) is 10.2. The van der Waals surface area contributed by atoms with Crippen LogP contribution >= 0.6 is 11.6 Å². The molecule has 1 aromatic rings. The van der Waals surface area contributed by atoms with E-state index in [0.29, 0.717) is 36.3 Å². The SMILES string of the molecule is O=C(O)CCCCCC[C@@H]1[C@@H](CCC(O)/C=C/c2cc(Cl)ccc2F)[C@H](O)C[C@@H]1O. The molecule has 5 atom stereocenters. The third kappa shape index (κ3) is 7.99.